The highest BCUT2D eigenvalue weighted by Gasteiger charge is 2.23. The van der Waals surface area contributed by atoms with E-state index in [4.69, 9.17) is 0 Å². The van der Waals surface area contributed by atoms with E-state index in [2.05, 4.69) is 12.2 Å². The number of nitrogens with one attached hydrogen (secondary N) is 1. The molecule has 1 saturated heterocycles. The van der Waals surface area contributed by atoms with Crippen molar-refractivity contribution in [1.82, 2.24) is 10.2 Å². The van der Waals surface area contributed by atoms with E-state index in [0.29, 0.717) is 6.04 Å². The van der Waals surface area contributed by atoms with Crippen LogP contribution in [-0.4, -0.2) is 30.6 Å². The molecule has 0 radical (unpaired) electrons. The maximum atomic E-state index is 11.0. The number of hydrogen-bond acceptors (Lipinski definition) is 1. The molecule has 1 heterocycles. The van der Waals surface area contributed by atoms with Gasteiger partial charge in [0, 0.05) is 19.6 Å². The van der Waals surface area contributed by atoms with E-state index in [9.17, 15) is 4.79 Å². The lowest BCUT2D eigenvalue weighted by Gasteiger charge is -2.20. The van der Waals surface area contributed by atoms with Crippen molar-refractivity contribution in [3.8, 4) is 0 Å². The summed E-state index contributed by atoms with van der Waals surface area (Å²) in [6.45, 7) is 3.00. The second-order valence-electron chi connectivity index (χ2n) is 2.74. The van der Waals surface area contributed by atoms with Crippen molar-refractivity contribution in [2.24, 2.45) is 0 Å². The molecule has 2 amide bonds. The highest BCUT2D eigenvalue weighted by atomic mass is 16.2. The van der Waals surface area contributed by atoms with Gasteiger partial charge in [-0.3, -0.25) is 0 Å². The van der Waals surface area contributed by atoms with Gasteiger partial charge in [0.25, 0.3) is 0 Å². The first-order chi connectivity index (χ1) is 4.75. The Balaban J connectivity index is 2.46. The standard InChI is InChI=1S/C7H14N2O/c1-6-4-3-5-9(6)7(10)8-2/h6H,3-5H2,1-2H3,(H,8,10)/t6-/m0/s1. The summed E-state index contributed by atoms with van der Waals surface area (Å²) in [7, 11) is 1.67. The Morgan fingerprint density at radius 2 is 2.40 bits per heavy atom. The van der Waals surface area contributed by atoms with Crippen molar-refractivity contribution in [2.45, 2.75) is 25.8 Å². The third-order valence-corrected chi connectivity index (χ3v) is 2.03. The minimum absolute atomic E-state index is 0.0602. The normalized spacial score (nSPS) is 25.0. The Labute approximate surface area is 61.4 Å². The van der Waals surface area contributed by atoms with Crippen molar-refractivity contribution in [3.63, 3.8) is 0 Å². The molecule has 1 atom stereocenters. The van der Waals surface area contributed by atoms with E-state index < -0.39 is 0 Å². The topological polar surface area (TPSA) is 32.3 Å². The highest BCUT2D eigenvalue weighted by Crippen LogP contribution is 2.15. The fourth-order valence-electron chi connectivity index (χ4n) is 1.38. The van der Waals surface area contributed by atoms with Gasteiger partial charge in [-0.1, -0.05) is 0 Å². The molecule has 3 heteroatoms. The Morgan fingerprint density at radius 1 is 1.70 bits per heavy atom. The van der Waals surface area contributed by atoms with Gasteiger partial charge in [0.15, 0.2) is 0 Å². The van der Waals surface area contributed by atoms with Gasteiger partial charge in [-0.05, 0) is 19.8 Å². The molecule has 0 aliphatic carbocycles. The molecule has 1 aliphatic rings. The maximum Gasteiger partial charge on any atom is 0.317 e. The van der Waals surface area contributed by atoms with E-state index in [1.807, 2.05) is 4.90 Å². The molecule has 0 aromatic carbocycles. The van der Waals surface area contributed by atoms with Gasteiger partial charge < -0.3 is 10.2 Å². The summed E-state index contributed by atoms with van der Waals surface area (Å²) in [4.78, 5) is 12.9. The molecule has 3 nitrogen and oxygen atoms in total. The lowest BCUT2D eigenvalue weighted by atomic mass is 10.2. The van der Waals surface area contributed by atoms with Crippen LogP contribution >= 0.6 is 0 Å². The molecule has 1 N–H and O–H groups in total. The average Bonchev–Trinajstić information content (AvgIpc) is 2.34. The molecule has 0 aromatic rings. The number of carbonyl (C=O) groups excluding carboxylic acids is 1. The van der Waals surface area contributed by atoms with Gasteiger partial charge >= 0.3 is 6.03 Å². The van der Waals surface area contributed by atoms with Crippen molar-refractivity contribution in [1.29, 1.82) is 0 Å². The molecule has 0 spiro atoms. The maximum absolute atomic E-state index is 11.0. The highest BCUT2D eigenvalue weighted by molar-refractivity contribution is 5.74. The fraction of sp³-hybridized carbons (Fsp3) is 0.857. The van der Waals surface area contributed by atoms with Crippen LogP contribution in [0.15, 0.2) is 0 Å². The SMILES string of the molecule is CNC(=O)N1CCC[C@@H]1C. The Morgan fingerprint density at radius 3 is 2.80 bits per heavy atom. The van der Waals surface area contributed by atoms with Gasteiger partial charge in [-0.2, -0.15) is 0 Å². The van der Waals surface area contributed by atoms with Crippen molar-refractivity contribution in [2.75, 3.05) is 13.6 Å². The first-order valence-electron chi connectivity index (χ1n) is 3.74. The Hall–Kier alpha value is -0.730. The minimum atomic E-state index is 0.0602. The number of rotatable bonds is 0. The van der Waals surface area contributed by atoms with E-state index >= 15 is 0 Å². The second-order valence-corrected chi connectivity index (χ2v) is 2.74. The lowest BCUT2D eigenvalue weighted by molar-refractivity contribution is 0.198. The molecule has 10 heavy (non-hydrogen) atoms. The molecule has 1 rings (SSSR count). The van der Waals surface area contributed by atoms with E-state index in [-0.39, 0.29) is 6.03 Å². The summed E-state index contributed by atoms with van der Waals surface area (Å²) >= 11 is 0. The molecular weight excluding hydrogens is 128 g/mol. The fourth-order valence-corrected chi connectivity index (χ4v) is 1.38. The van der Waals surface area contributed by atoms with Crippen molar-refractivity contribution in [3.05, 3.63) is 0 Å². The van der Waals surface area contributed by atoms with Crippen LogP contribution in [0.3, 0.4) is 0 Å². The summed E-state index contributed by atoms with van der Waals surface area (Å²) in [5.41, 5.74) is 0. The molecule has 1 aliphatic heterocycles. The number of carbonyl (C=O) groups is 1. The number of amides is 2. The van der Waals surface area contributed by atoms with Crippen LogP contribution in [0, 0.1) is 0 Å². The van der Waals surface area contributed by atoms with Crippen molar-refractivity contribution >= 4 is 6.03 Å². The van der Waals surface area contributed by atoms with Crippen LogP contribution in [0.4, 0.5) is 4.79 Å². The van der Waals surface area contributed by atoms with Gasteiger partial charge in [-0.15, -0.1) is 0 Å². The summed E-state index contributed by atoms with van der Waals surface area (Å²) in [5.74, 6) is 0. The van der Waals surface area contributed by atoms with E-state index in [1.165, 1.54) is 0 Å². The largest absolute Gasteiger partial charge is 0.341 e. The molecule has 58 valence electrons. The van der Waals surface area contributed by atoms with Gasteiger partial charge in [0.2, 0.25) is 0 Å². The Bertz CT molecular complexity index is 136. The van der Waals surface area contributed by atoms with Gasteiger partial charge in [0.1, 0.15) is 0 Å². The number of likely N-dealkylation sites (tertiary alicyclic amines) is 1. The van der Waals surface area contributed by atoms with Gasteiger partial charge in [0.05, 0.1) is 0 Å². The van der Waals surface area contributed by atoms with Crippen LogP contribution in [0.25, 0.3) is 0 Å². The van der Waals surface area contributed by atoms with Crippen LogP contribution in [0.2, 0.25) is 0 Å². The number of urea groups is 1. The molecule has 0 bridgehead atoms. The first-order valence-corrected chi connectivity index (χ1v) is 3.74. The second kappa shape index (κ2) is 2.90. The van der Waals surface area contributed by atoms with Crippen molar-refractivity contribution < 1.29 is 4.79 Å². The number of nitrogens with zero attached hydrogens (tertiary/aromatic N) is 1. The predicted molar refractivity (Wildman–Crippen MR) is 39.9 cm³/mol. The third-order valence-electron chi connectivity index (χ3n) is 2.03. The lowest BCUT2D eigenvalue weighted by Crippen LogP contribution is -2.39. The third kappa shape index (κ3) is 1.23. The van der Waals surface area contributed by atoms with E-state index in [1.54, 1.807) is 7.05 Å². The zero-order chi connectivity index (χ0) is 7.56. The zero-order valence-electron chi connectivity index (χ0n) is 6.55. The monoisotopic (exact) mass is 142 g/mol. The first kappa shape index (κ1) is 7.38. The molecule has 0 unspecified atom stereocenters. The summed E-state index contributed by atoms with van der Waals surface area (Å²) in [6, 6.07) is 0.491. The Kier molecular flexibility index (Phi) is 2.14. The zero-order valence-corrected chi connectivity index (χ0v) is 6.55. The molecule has 0 saturated carbocycles. The quantitative estimate of drug-likeness (QED) is 0.533. The van der Waals surface area contributed by atoms with Crippen LogP contribution in [0.5, 0.6) is 0 Å². The average molecular weight is 142 g/mol. The van der Waals surface area contributed by atoms with Crippen LogP contribution < -0.4 is 5.32 Å². The minimum Gasteiger partial charge on any atom is -0.341 e. The number of hydrogen-bond donors (Lipinski definition) is 1. The summed E-state index contributed by atoms with van der Waals surface area (Å²) < 4.78 is 0. The van der Waals surface area contributed by atoms with Gasteiger partial charge in [-0.25, -0.2) is 4.79 Å². The molecule has 1 fully saturated rings. The van der Waals surface area contributed by atoms with Crippen LogP contribution in [-0.2, 0) is 0 Å². The predicted octanol–water partition coefficient (Wildman–Crippen LogP) is 0.810. The summed E-state index contributed by atoms with van der Waals surface area (Å²) in [5, 5.41) is 2.62. The molecular formula is C7H14N2O. The molecule has 0 aromatic heterocycles. The smallest absolute Gasteiger partial charge is 0.317 e. The summed E-state index contributed by atoms with van der Waals surface area (Å²) in [6.07, 6.45) is 2.29. The van der Waals surface area contributed by atoms with E-state index in [0.717, 1.165) is 19.4 Å². The van der Waals surface area contributed by atoms with Crippen LogP contribution in [0.1, 0.15) is 19.8 Å².